The van der Waals surface area contributed by atoms with Crippen LogP contribution in [0.2, 0.25) is 0 Å². The Hall–Kier alpha value is -3.84. The molecular formula is C26H22N4. The van der Waals surface area contributed by atoms with Gasteiger partial charge in [-0.25, -0.2) is 4.68 Å². The lowest BCUT2D eigenvalue weighted by Crippen LogP contribution is -2.08. The van der Waals surface area contributed by atoms with Gasteiger partial charge in [0.1, 0.15) is 11.9 Å². The van der Waals surface area contributed by atoms with Crippen LogP contribution in [0.3, 0.4) is 0 Å². The molecule has 0 unspecified atom stereocenters. The largest absolute Gasteiger partial charge is 0.370 e. The third kappa shape index (κ3) is 3.25. The van der Waals surface area contributed by atoms with E-state index >= 15 is 0 Å². The first kappa shape index (κ1) is 18.2. The number of nitrogens with zero attached hydrogens (tertiary/aromatic N) is 3. The van der Waals surface area contributed by atoms with E-state index in [-0.39, 0.29) is 0 Å². The minimum atomic E-state index is 0.625. The molecule has 146 valence electrons. The summed E-state index contributed by atoms with van der Waals surface area (Å²) in [4.78, 5) is 0. The van der Waals surface area contributed by atoms with Crippen molar-refractivity contribution in [2.45, 2.75) is 19.3 Å². The second kappa shape index (κ2) is 7.88. The van der Waals surface area contributed by atoms with Crippen LogP contribution in [0.4, 0.5) is 5.82 Å². The fraction of sp³-hybridized carbons (Fsp3) is 0.154. The van der Waals surface area contributed by atoms with Gasteiger partial charge >= 0.3 is 0 Å². The summed E-state index contributed by atoms with van der Waals surface area (Å²) >= 11 is 0. The van der Waals surface area contributed by atoms with Gasteiger partial charge in [-0.2, -0.15) is 10.4 Å². The second-order valence-electron chi connectivity index (χ2n) is 7.54. The van der Waals surface area contributed by atoms with Crippen molar-refractivity contribution >= 4 is 5.82 Å². The van der Waals surface area contributed by atoms with E-state index in [0.717, 1.165) is 48.6 Å². The highest BCUT2D eigenvalue weighted by atomic mass is 15.3. The van der Waals surface area contributed by atoms with Gasteiger partial charge in [0.25, 0.3) is 0 Å². The maximum Gasteiger partial charge on any atom is 0.133 e. The molecule has 4 heteroatoms. The van der Waals surface area contributed by atoms with Gasteiger partial charge in [0, 0.05) is 17.7 Å². The van der Waals surface area contributed by atoms with Crippen molar-refractivity contribution in [3.8, 4) is 34.1 Å². The predicted octanol–water partition coefficient (Wildman–Crippen LogP) is 5.83. The number of hydrogen-bond donors (Lipinski definition) is 1. The topological polar surface area (TPSA) is 53.6 Å². The summed E-state index contributed by atoms with van der Waals surface area (Å²) in [5.74, 6) is 1.01. The summed E-state index contributed by atoms with van der Waals surface area (Å²) in [7, 11) is 0. The van der Waals surface area contributed by atoms with Gasteiger partial charge < -0.3 is 5.32 Å². The number of benzene rings is 3. The number of para-hydroxylation sites is 1. The molecule has 0 radical (unpaired) electrons. The number of hydrogen-bond acceptors (Lipinski definition) is 3. The molecule has 0 aliphatic carbocycles. The van der Waals surface area contributed by atoms with Gasteiger partial charge in [0.2, 0.25) is 0 Å². The van der Waals surface area contributed by atoms with E-state index in [1.54, 1.807) is 0 Å². The highest BCUT2D eigenvalue weighted by Crippen LogP contribution is 2.35. The predicted molar refractivity (Wildman–Crippen MR) is 121 cm³/mol. The quantitative estimate of drug-likeness (QED) is 0.479. The molecule has 0 saturated heterocycles. The molecule has 0 fully saturated rings. The van der Waals surface area contributed by atoms with Crippen LogP contribution in [0.1, 0.15) is 24.0 Å². The molecule has 1 aliphatic heterocycles. The summed E-state index contributed by atoms with van der Waals surface area (Å²) in [6.45, 7) is 0.916. The Morgan fingerprint density at radius 2 is 1.50 bits per heavy atom. The van der Waals surface area contributed by atoms with E-state index in [1.807, 2.05) is 35.0 Å². The van der Waals surface area contributed by atoms with Gasteiger partial charge in [-0.05, 0) is 42.5 Å². The lowest BCUT2D eigenvalue weighted by Gasteiger charge is -2.10. The molecule has 0 amide bonds. The van der Waals surface area contributed by atoms with Gasteiger partial charge in [-0.1, -0.05) is 66.7 Å². The van der Waals surface area contributed by atoms with Crippen molar-refractivity contribution in [1.82, 2.24) is 9.78 Å². The molecule has 0 bridgehead atoms. The molecule has 0 saturated carbocycles. The Morgan fingerprint density at radius 3 is 2.30 bits per heavy atom. The summed E-state index contributed by atoms with van der Waals surface area (Å²) in [5, 5.41) is 18.1. The number of anilines is 1. The van der Waals surface area contributed by atoms with E-state index < -0.39 is 0 Å². The van der Waals surface area contributed by atoms with Crippen LogP contribution in [0.5, 0.6) is 0 Å². The zero-order valence-electron chi connectivity index (χ0n) is 16.7. The molecule has 3 aromatic carbocycles. The Bertz CT molecular complexity index is 1210. The summed E-state index contributed by atoms with van der Waals surface area (Å²) in [6, 6.07) is 29.0. The van der Waals surface area contributed by atoms with Crippen LogP contribution in [-0.4, -0.2) is 16.3 Å². The average molecular weight is 390 g/mol. The maximum absolute atomic E-state index is 9.59. The Labute approximate surface area is 176 Å². The third-order valence-corrected chi connectivity index (χ3v) is 5.65. The zero-order valence-corrected chi connectivity index (χ0v) is 16.7. The zero-order chi connectivity index (χ0) is 20.3. The molecule has 4 aromatic rings. The standard InChI is InChI=1S/C26H22N4/c27-18-22-10-4-5-12-24(22)30-26-23(11-6-7-17-28-26)25(29-30)21-15-13-20(14-16-21)19-8-2-1-3-9-19/h1-5,8-10,12-16,28H,6-7,11,17H2. The van der Waals surface area contributed by atoms with E-state index in [1.165, 1.54) is 16.7 Å². The highest BCUT2D eigenvalue weighted by Gasteiger charge is 2.22. The lowest BCUT2D eigenvalue weighted by atomic mass is 10.00. The Kier molecular flexibility index (Phi) is 4.78. The molecule has 1 aromatic heterocycles. The van der Waals surface area contributed by atoms with Gasteiger partial charge in [-0.3, -0.25) is 0 Å². The number of aromatic nitrogens is 2. The van der Waals surface area contributed by atoms with Crippen molar-refractivity contribution < 1.29 is 0 Å². The van der Waals surface area contributed by atoms with E-state index in [4.69, 9.17) is 5.10 Å². The molecule has 5 rings (SSSR count). The summed E-state index contributed by atoms with van der Waals surface area (Å²) in [6.07, 6.45) is 3.23. The smallest absolute Gasteiger partial charge is 0.133 e. The number of nitriles is 1. The minimum Gasteiger partial charge on any atom is -0.370 e. The van der Waals surface area contributed by atoms with E-state index in [0.29, 0.717) is 5.56 Å². The summed E-state index contributed by atoms with van der Waals surface area (Å²) in [5.41, 5.74) is 7.16. The van der Waals surface area contributed by atoms with Crippen molar-refractivity contribution in [3.05, 3.63) is 90.0 Å². The van der Waals surface area contributed by atoms with Crippen LogP contribution in [0, 0.1) is 11.3 Å². The van der Waals surface area contributed by atoms with Crippen molar-refractivity contribution in [3.63, 3.8) is 0 Å². The first-order chi connectivity index (χ1) is 14.8. The number of fused-ring (bicyclic) bond motifs is 1. The molecule has 4 nitrogen and oxygen atoms in total. The van der Waals surface area contributed by atoms with Gasteiger partial charge in [0.05, 0.1) is 16.9 Å². The molecule has 2 heterocycles. The Balaban J connectivity index is 1.62. The van der Waals surface area contributed by atoms with Crippen molar-refractivity contribution in [2.75, 3.05) is 11.9 Å². The van der Waals surface area contributed by atoms with Crippen molar-refractivity contribution in [2.24, 2.45) is 0 Å². The molecular weight excluding hydrogens is 368 g/mol. The number of nitrogens with one attached hydrogen (secondary N) is 1. The van der Waals surface area contributed by atoms with Crippen LogP contribution in [-0.2, 0) is 6.42 Å². The fourth-order valence-corrected chi connectivity index (χ4v) is 4.11. The van der Waals surface area contributed by atoms with E-state index in [9.17, 15) is 5.26 Å². The normalized spacial score (nSPS) is 13.0. The van der Waals surface area contributed by atoms with Crippen molar-refractivity contribution in [1.29, 1.82) is 5.26 Å². The maximum atomic E-state index is 9.59. The van der Waals surface area contributed by atoms with Gasteiger partial charge in [0.15, 0.2) is 0 Å². The van der Waals surface area contributed by atoms with Crippen LogP contribution < -0.4 is 5.32 Å². The molecule has 0 atom stereocenters. The average Bonchev–Trinajstić information content (AvgIpc) is 3.00. The van der Waals surface area contributed by atoms with Crippen LogP contribution >= 0.6 is 0 Å². The number of rotatable bonds is 3. The molecule has 30 heavy (non-hydrogen) atoms. The fourth-order valence-electron chi connectivity index (χ4n) is 4.11. The highest BCUT2D eigenvalue weighted by molar-refractivity contribution is 5.74. The lowest BCUT2D eigenvalue weighted by molar-refractivity contribution is 0.780. The molecule has 1 N–H and O–H groups in total. The van der Waals surface area contributed by atoms with E-state index in [2.05, 4.69) is 59.9 Å². The van der Waals surface area contributed by atoms with Gasteiger partial charge in [-0.15, -0.1) is 0 Å². The first-order valence-electron chi connectivity index (χ1n) is 10.4. The third-order valence-electron chi connectivity index (χ3n) is 5.65. The summed E-state index contributed by atoms with van der Waals surface area (Å²) < 4.78 is 1.92. The SMILES string of the molecule is N#Cc1ccccc1-n1nc(-c2ccc(-c3ccccc3)cc2)c2c1NCCCC2. The van der Waals surface area contributed by atoms with Crippen LogP contribution in [0.25, 0.3) is 28.1 Å². The Morgan fingerprint density at radius 1 is 0.800 bits per heavy atom. The molecule has 1 aliphatic rings. The minimum absolute atomic E-state index is 0.625. The monoisotopic (exact) mass is 390 g/mol. The molecule has 0 spiro atoms. The van der Waals surface area contributed by atoms with Crippen LogP contribution in [0.15, 0.2) is 78.9 Å². The first-order valence-corrected chi connectivity index (χ1v) is 10.4. The second-order valence-corrected chi connectivity index (χ2v) is 7.54.